The predicted molar refractivity (Wildman–Crippen MR) is 111 cm³/mol. The summed E-state index contributed by atoms with van der Waals surface area (Å²) < 4.78 is 10.2. The minimum atomic E-state index is -0.969. The standard InChI is InChI=1S/C14H21NO.C9H10O3/c1-3-9-15-12-7-8-13-11(10-12)5-4-6-14(13)16-2;1-12-8(9(10)11)7-5-3-2-4-6-7/h4-6,12,15H,3,7-10H2,1-2H3;2-6,8H,1H3,(H,10,11)/t12-;8-/m00/s1. The van der Waals surface area contributed by atoms with Crippen molar-refractivity contribution in [2.75, 3.05) is 20.8 Å². The van der Waals surface area contributed by atoms with Gasteiger partial charge >= 0.3 is 5.97 Å². The molecule has 0 aliphatic heterocycles. The van der Waals surface area contributed by atoms with Gasteiger partial charge in [-0.2, -0.15) is 0 Å². The zero-order valence-corrected chi connectivity index (χ0v) is 17.0. The zero-order valence-electron chi connectivity index (χ0n) is 17.0. The molecule has 1 aliphatic carbocycles. The normalized spacial score (nSPS) is 16.3. The number of ether oxygens (including phenoxy) is 2. The number of hydrogen-bond donors (Lipinski definition) is 2. The van der Waals surface area contributed by atoms with E-state index in [2.05, 4.69) is 30.4 Å². The SMILES string of the molecule is CCCN[C@H]1CCc2c(cccc2OC)C1.CO[C@H](C(=O)O)c1ccccc1. The summed E-state index contributed by atoms with van der Waals surface area (Å²) in [5, 5.41) is 12.3. The number of rotatable bonds is 7. The highest BCUT2D eigenvalue weighted by Gasteiger charge is 2.20. The van der Waals surface area contributed by atoms with E-state index in [1.54, 1.807) is 31.4 Å². The zero-order chi connectivity index (χ0) is 20.4. The summed E-state index contributed by atoms with van der Waals surface area (Å²) >= 11 is 0. The Morgan fingerprint density at radius 3 is 2.54 bits per heavy atom. The monoisotopic (exact) mass is 385 g/mol. The molecule has 0 fully saturated rings. The van der Waals surface area contributed by atoms with Crippen LogP contribution < -0.4 is 10.1 Å². The summed E-state index contributed by atoms with van der Waals surface area (Å²) in [5.41, 5.74) is 3.53. The molecule has 0 saturated heterocycles. The van der Waals surface area contributed by atoms with Gasteiger partial charge in [-0.15, -0.1) is 0 Å². The van der Waals surface area contributed by atoms with Crippen molar-refractivity contribution in [3.05, 3.63) is 65.2 Å². The van der Waals surface area contributed by atoms with Crippen LogP contribution in [0.5, 0.6) is 5.75 Å². The number of benzene rings is 2. The number of aliphatic carboxylic acids is 1. The van der Waals surface area contributed by atoms with Crippen LogP contribution in [0.25, 0.3) is 0 Å². The van der Waals surface area contributed by atoms with Crippen LogP contribution in [-0.4, -0.2) is 37.9 Å². The van der Waals surface area contributed by atoms with E-state index in [0.717, 1.165) is 25.1 Å². The van der Waals surface area contributed by atoms with Crippen LogP contribution in [-0.2, 0) is 22.4 Å². The molecule has 0 saturated carbocycles. The fourth-order valence-corrected chi connectivity index (χ4v) is 3.49. The van der Waals surface area contributed by atoms with Crippen LogP contribution in [0, 0.1) is 0 Å². The van der Waals surface area contributed by atoms with Gasteiger partial charge in [-0.05, 0) is 55.0 Å². The van der Waals surface area contributed by atoms with Crippen molar-refractivity contribution in [1.82, 2.24) is 5.32 Å². The van der Waals surface area contributed by atoms with Gasteiger partial charge < -0.3 is 19.9 Å². The maximum Gasteiger partial charge on any atom is 0.337 e. The summed E-state index contributed by atoms with van der Waals surface area (Å²) in [7, 11) is 3.14. The van der Waals surface area contributed by atoms with Crippen molar-refractivity contribution in [3.63, 3.8) is 0 Å². The van der Waals surface area contributed by atoms with Crippen molar-refractivity contribution in [2.24, 2.45) is 0 Å². The third-order valence-corrected chi connectivity index (χ3v) is 4.90. The van der Waals surface area contributed by atoms with E-state index in [4.69, 9.17) is 14.6 Å². The average molecular weight is 386 g/mol. The van der Waals surface area contributed by atoms with Crippen molar-refractivity contribution in [2.45, 2.75) is 44.8 Å². The third-order valence-electron chi connectivity index (χ3n) is 4.90. The van der Waals surface area contributed by atoms with Gasteiger partial charge in [-0.1, -0.05) is 49.4 Å². The van der Waals surface area contributed by atoms with Gasteiger partial charge in [-0.25, -0.2) is 4.79 Å². The van der Waals surface area contributed by atoms with E-state index >= 15 is 0 Å². The number of methoxy groups -OCH3 is 2. The molecular formula is C23H31NO4. The number of nitrogens with one attached hydrogen (secondary N) is 1. The first kappa shape index (κ1) is 21.9. The van der Waals surface area contributed by atoms with Gasteiger partial charge in [0.25, 0.3) is 0 Å². The van der Waals surface area contributed by atoms with Gasteiger partial charge in [0.1, 0.15) is 5.75 Å². The van der Waals surface area contributed by atoms with Crippen LogP contribution in [0.1, 0.15) is 42.6 Å². The lowest BCUT2D eigenvalue weighted by Crippen LogP contribution is -2.35. The Balaban J connectivity index is 0.000000209. The molecule has 0 heterocycles. The molecule has 2 N–H and O–H groups in total. The summed E-state index contributed by atoms with van der Waals surface area (Å²) in [5.74, 6) is 0.0927. The Morgan fingerprint density at radius 1 is 1.18 bits per heavy atom. The van der Waals surface area contributed by atoms with E-state index in [1.165, 1.54) is 31.1 Å². The molecule has 152 valence electrons. The molecule has 0 bridgehead atoms. The first-order valence-electron chi connectivity index (χ1n) is 9.79. The van der Waals surface area contributed by atoms with E-state index in [0.29, 0.717) is 11.6 Å². The number of carbonyl (C=O) groups is 1. The fourth-order valence-electron chi connectivity index (χ4n) is 3.49. The Hall–Kier alpha value is -2.37. The molecule has 1 aliphatic rings. The molecule has 2 aromatic rings. The molecule has 0 radical (unpaired) electrons. The molecule has 28 heavy (non-hydrogen) atoms. The second kappa shape index (κ2) is 11.5. The van der Waals surface area contributed by atoms with Crippen molar-refractivity contribution < 1.29 is 19.4 Å². The molecule has 5 nitrogen and oxygen atoms in total. The highest BCUT2D eigenvalue weighted by molar-refractivity contribution is 5.74. The first-order chi connectivity index (χ1) is 13.6. The topological polar surface area (TPSA) is 67.8 Å². The molecule has 2 atom stereocenters. The largest absolute Gasteiger partial charge is 0.496 e. The summed E-state index contributed by atoms with van der Waals surface area (Å²) in [6.07, 6.45) is 3.87. The molecule has 3 rings (SSSR count). The lowest BCUT2D eigenvalue weighted by molar-refractivity contribution is -0.148. The minimum Gasteiger partial charge on any atom is -0.496 e. The second-order valence-corrected chi connectivity index (χ2v) is 6.86. The number of carboxylic acid groups (broad SMARTS) is 1. The van der Waals surface area contributed by atoms with Crippen molar-refractivity contribution in [3.8, 4) is 5.75 Å². The van der Waals surface area contributed by atoms with E-state index in [9.17, 15) is 4.79 Å². The van der Waals surface area contributed by atoms with Crippen LogP contribution in [0.15, 0.2) is 48.5 Å². The van der Waals surface area contributed by atoms with Gasteiger partial charge in [0.15, 0.2) is 6.10 Å². The Morgan fingerprint density at radius 2 is 1.93 bits per heavy atom. The van der Waals surface area contributed by atoms with Gasteiger partial charge in [0, 0.05) is 13.2 Å². The summed E-state index contributed by atoms with van der Waals surface area (Å²) in [6.45, 7) is 3.34. The fraction of sp³-hybridized carbons (Fsp3) is 0.435. The number of fused-ring (bicyclic) bond motifs is 1. The summed E-state index contributed by atoms with van der Waals surface area (Å²) in [6, 6.07) is 15.9. The van der Waals surface area contributed by atoms with Crippen LogP contribution >= 0.6 is 0 Å². The van der Waals surface area contributed by atoms with Crippen LogP contribution in [0.3, 0.4) is 0 Å². The highest BCUT2D eigenvalue weighted by Crippen LogP contribution is 2.29. The highest BCUT2D eigenvalue weighted by atomic mass is 16.5. The molecule has 0 amide bonds. The second-order valence-electron chi connectivity index (χ2n) is 6.86. The van der Waals surface area contributed by atoms with Crippen LogP contribution in [0.2, 0.25) is 0 Å². The Bertz CT molecular complexity index is 733. The Labute approximate surface area is 167 Å². The van der Waals surface area contributed by atoms with Gasteiger partial charge in [0.05, 0.1) is 7.11 Å². The lowest BCUT2D eigenvalue weighted by atomic mass is 9.87. The molecule has 2 aromatic carbocycles. The molecule has 0 spiro atoms. The third kappa shape index (κ3) is 6.08. The minimum absolute atomic E-state index is 0.652. The predicted octanol–water partition coefficient (Wildman–Crippen LogP) is 4.01. The molecule has 5 heteroatoms. The smallest absolute Gasteiger partial charge is 0.337 e. The quantitative estimate of drug-likeness (QED) is 0.754. The number of carboxylic acids is 1. The summed E-state index contributed by atoms with van der Waals surface area (Å²) in [4.78, 5) is 10.6. The first-order valence-corrected chi connectivity index (χ1v) is 9.79. The van der Waals surface area contributed by atoms with Crippen LogP contribution in [0.4, 0.5) is 0 Å². The van der Waals surface area contributed by atoms with Gasteiger partial charge in [-0.3, -0.25) is 0 Å². The van der Waals surface area contributed by atoms with Gasteiger partial charge in [0.2, 0.25) is 0 Å². The van der Waals surface area contributed by atoms with Crippen molar-refractivity contribution in [1.29, 1.82) is 0 Å². The maximum atomic E-state index is 10.6. The lowest BCUT2D eigenvalue weighted by Gasteiger charge is -2.26. The van der Waals surface area contributed by atoms with Crippen molar-refractivity contribution >= 4 is 5.97 Å². The number of hydrogen-bond acceptors (Lipinski definition) is 4. The van der Waals surface area contributed by atoms with E-state index in [1.807, 2.05) is 6.07 Å². The molecule has 0 unspecified atom stereocenters. The maximum absolute atomic E-state index is 10.6. The van der Waals surface area contributed by atoms with E-state index < -0.39 is 12.1 Å². The Kier molecular flexibility index (Phi) is 8.98. The van der Waals surface area contributed by atoms with E-state index in [-0.39, 0.29) is 0 Å². The average Bonchev–Trinajstić information content (AvgIpc) is 2.73. The molecule has 0 aromatic heterocycles. The molecular weight excluding hydrogens is 354 g/mol.